The van der Waals surface area contributed by atoms with Crippen LogP contribution >= 0.6 is 0 Å². The number of Topliss-reactive ketones (excluding diaryl/α,β-unsaturated/α-hetero) is 1. The number of nitrogens with one attached hydrogen (secondary N) is 1. The third kappa shape index (κ3) is 4.46. The largest absolute Gasteiger partial charge is 0.482 e. The molecule has 2 atom stereocenters. The van der Waals surface area contributed by atoms with Crippen molar-refractivity contribution in [3.05, 3.63) is 65.0 Å². The minimum Gasteiger partial charge on any atom is -0.482 e. The molecule has 2 aromatic rings. The van der Waals surface area contributed by atoms with Gasteiger partial charge in [-0.1, -0.05) is 18.2 Å². The van der Waals surface area contributed by atoms with Crippen LogP contribution in [0.3, 0.4) is 0 Å². The monoisotopic (exact) mass is 467 g/mol. The molecule has 0 radical (unpaired) electrons. The van der Waals surface area contributed by atoms with Gasteiger partial charge in [0.2, 0.25) is 0 Å². The number of aliphatic hydroxyl groups is 1. The Labute approximate surface area is 198 Å². The molecule has 180 valence electrons. The van der Waals surface area contributed by atoms with Crippen molar-refractivity contribution in [1.82, 2.24) is 5.32 Å². The van der Waals surface area contributed by atoms with Gasteiger partial charge in [0.05, 0.1) is 12.2 Å². The Morgan fingerprint density at radius 3 is 2.53 bits per heavy atom. The van der Waals surface area contributed by atoms with Gasteiger partial charge in [-0.2, -0.15) is 0 Å². The molecule has 4 bridgehead atoms. The minimum atomic E-state index is -0.665. The second kappa shape index (κ2) is 8.78. The van der Waals surface area contributed by atoms with E-state index in [4.69, 9.17) is 9.47 Å². The fraction of sp³-hybridized carbons (Fsp3) is 0.481. The molecule has 4 aliphatic rings. The molecule has 4 fully saturated rings. The quantitative estimate of drug-likeness (QED) is 0.573. The van der Waals surface area contributed by atoms with Gasteiger partial charge in [-0.15, -0.1) is 0 Å². The van der Waals surface area contributed by atoms with Gasteiger partial charge in [0.25, 0.3) is 5.91 Å². The fourth-order valence-electron chi connectivity index (χ4n) is 6.72. The number of methoxy groups -OCH3 is 1. The molecular weight excluding hydrogens is 437 g/mol. The van der Waals surface area contributed by atoms with Crippen LogP contribution in [0.25, 0.3) is 0 Å². The highest BCUT2D eigenvalue weighted by Crippen LogP contribution is 2.57. The van der Waals surface area contributed by atoms with Gasteiger partial charge in [-0.3, -0.25) is 9.59 Å². The topological polar surface area (TPSA) is 84.9 Å². The highest BCUT2D eigenvalue weighted by molar-refractivity contribution is 6.00. The van der Waals surface area contributed by atoms with Gasteiger partial charge in [-0.25, -0.2) is 4.39 Å². The number of ketones is 1. The number of rotatable bonds is 8. The van der Waals surface area contributed by atoms with E-state index in [1.807, 2.05) is 0 Å². The van der Waals surface area contributed by atoms with Gasteiger partial charge in [0.15, 0.2) is 24.0 Å². The average molecular weight is 468 g/mol. The molecule has 2 N–H and O–H groups in total. The van der Waals surface area contributed by atoms with Crippen LogP contribution in [-0.2, 0) is 11.3 Å². The van der Waals surface area contributed by atoms with E-state index in [1.165, 1.54) is 19.2 Å². The Balaban J connectivity index is 1.31. The molecule has 6 nitrogen and oxygen atoms in total. The lowest BCUT2D eigenvalue weighted by molar-refractivity contribution is -0.139. The summed E-state index contributed by atoms with van der Waals surface area (Å²) < 4.78 is 24.4. The SMILES string of the molecule is COCc1cc(C(=O)COc2ccccc2F)ccc1C(=O)NC12CC3CC(CC(O)(C3)C1)C2. The first-order valence-corrected chi connectivity index (χ1v) is 11.9. The Morgan fingerprint density at radius 1 is 1.12 bits per heavy atom. The molecule has 6 rings (SSSR count). The molecule has 7 heteroatoms. The third-order valence-electron chi connectivity index (χ3n) is 7.58. The smallest absolute Gasteiger partial charge is 0.252 e. The van der Waals surface area contributed by atoms with Crippen molar-refractivity contribution < 1.29 is 28.6 Å². The van der Waals surface area contributed by atoms with E-state index in [-0.39, 0.29) is 36.2 Å². The van der Waals surface area contributed by atoms with Gasteiger partial charge < -0.3 is 19.9 Å². The van der Waals surface area contributed by atoms with Crippen LogP contribution in [0.4, 0.5) is 4.39 Å². The van der Waals surface area contributed by atoms with E-state index in [0.717, 1.165) is 32.1 Å². The zero-order valence-electron chi connectivity index (χ0n) is 19.3. The zero-order chi connectivity index (χ0) is 23.9. The van der Waals surface area contributed by atoms with Crippen LogP contribution in [0.2, 0.25) is 0 Å². The average Bonchev–Trinajstić information content (AvgIpc) is 2.76. The summed E-state index contributed by atoms with van der Waals surface area (Å²) in [6.07, 6.45) is 5.22. The fourth-order valence-corrected chi connectivity index (χ4v) is 6.72. The van der Waals surface area contributed by atoms with Crippen LogP contribution < -0.4 is 10.1 Å². The first-order valence-electron chi connectivity index (χ1n) is 11.9. The molecule has 4 aliphatic carbocycles. The van der Waals surface area contributed by atoms with E-state index in [1.54, 1.807) is 30.3 Å². The van der Waals surface area contributed by atoms with E-state index in [9.17, 15) is 19.1 Å². The molecule has 1 amide bonds. The van der Waals surface area contributed by atoms with Gasteiger partial charge in [0.1, 0.15) is 0 Å². The third-order valence-corrected chi connectivity index (χ3v) is 7.58. The molecule has 34 heavy (non-hydrogen) atoms. The Hall–Kier alpha value is -2.77. The van der Waals surface area contributed by atoms with Crippen LogP contribution in [0.5, 0.6) is 5.75 Å². The molecule has 0 saturated heterocycles. The Bertz CT molecular complexity index is 1100. The zero-order valence-corrected chi connectivity index (χ0v) is 19.3. The number of para-hydroxylation sites is 1. The van der Waals surface area contributed by atoms with Crippen molar-refractivity contribution >= 4 is 11.7 Å². The van der Waals surface area contributed by atoms with Crippen molar-refractivity contribution in [1.29, 1.82) is 0 Å². The number of hydrogen-bond acceptors (Lipinski definition) is 5. The summed E-state index contributed by atoms with van der Waals surface area (Å²) in [5.41, 5.74) is 0.379. The lowest BCUT2D eigenvalue weighted by atomic mass is 9.51. The van der Waals surface area contributed by atoms with Crippen LogP contribution in [0, 0.1) is 17.7 Å². The second-order valence-electron chi connectivity index (χ2n) is 10.4. The highest BCUT2D eigenvalue weighted by atomic mass is 19.1. The second-order valence-corrected chi connectivity index (χ2v) is 10.4. The Morgan fingerprint density at radius 2 is 1.85 bits per heavy atom. The van der Waals surface area contributed by atoms with Crippen molar-refractivity contribution in [3.8, 4) is 5.75 Å². The summed E-state index contributed by atoms with van der Waals surface area (Å²) in [6.45, 7) is -0.149. The summed E-state index contributed by atoms with van der Waals surface area (Å²) in [5.74, 6) is -0.133. The number of carbonyl (C=O) groups is 2. The summed E-state index contributed by atoms with van der Waals surface area (Å²) in [7, 11) is 1.53. The molecule has 2 aromatic carbocycles. The molecule has 0 spiro atoms. The van der Waals surface area contributed by atoms with Crippen LogP contribution in [0.1, 0.15) is 64.8 Å². The molecule has 4 saturated carbocycles. The van der Waals surface area contributed by atoms with Crippen molar-refractivity contribution in [2.45, 2.75) is 56.3 Å². The van der Waals surface area contributed by atoms with Gasteiger partial charge in [-0.05, 0) is 80.2 Å². The minimum absolute atomic E-state index is 0.0150. The van der Waals surface area contributed by atoms with E-state index >= 15 is 0 Å². The van der Waals surface area contributed by atoms with Gasteiger partial charge >= 0.3 is 0 Å². The summed E-state index contributed by atoms with van der Waals surface area (Å²) in [6, 6.07) is 10.8. The van der Waals surface area contributed by atoms with E-state index in [2.05, 4.69) is 5.32 Å². The number of carbonyl (C=O) groups excluding carboxylic acids is 2. The molecule has 0 heterocycles. The maximum Gasteiger partial charge on any atom is 0.252 e. The number of amides is 1. The maximum absolute atomic E-state index is 13.8. The van der Waals surface area contributed by atoms with Crippen molar-refractivity contribution in [2.75, 3.05) is 13.7 Å². The lowest BCUT2D eigenvalue weighted by Crippen LogP contribution is -2.65. The first-order chi connectivity index (χ1) is 16.3. The number of hydrogen-bond donors (Lipinski definition) is 2. The number of benzene rings is 2. The highest BCUT2D eigenvalue weighted by Gasteiger charge is 2.57. The summed E-state index contributed by atoms with van der Waals surface area (Å²) >= 11 is 0. The van der Waals surface area contributed by atoms with E-state index in [0.29, 0.717) is 34.9 Å². The molecule has 2 unspecified atom stereocenters. The summed E-state index contributed by atoms with van der Waals surface area (Å²) in [4.78, 5) is 26.0. The first kappa shape index (κ1) is 23.0. The number of ether oxygens (including phenoxy) is 2. The molecular formula is C27H30FNO5. The van der Waals surface area contributed by atoms with Gasteiger partial charge in [0, 0.05) is 23.8 Å². The number of halogens is 1. The standard InChI is InChI=1S/C27H30FNO5/c1-33-14-20-9-19(23(30)15-34-24-5-3-2-4-22(24)28)6-7-21(20)25(31)29-26-10-17-8-18(11-26)13-27(32,12-17)16-26/h2-7,9,17-18,32H,8,10-16H2,1H3,(H,29,31). The predicted molar refractivity (Wildman–Crippen MR) is 123 cm³/mol. The van der Waals surface area contributed by atoms with Crippen LogP contribution in [-0.4, -0.2) is 41.7 Å². The van der Waals surface area contributed by atoms with Crippen molar-refractivity contribution in [3.63, 3.8) is 0 Å². The van der Waals surface area contributed by atoms with E-state index < -0.39 is 11.4 Å². The summed E-state index contributed by atoms with van der Waals surface area (Å²) in [5, 5.41) is 14.3. The van der Waals surface area contributed by atoms with Crippen LogP contribution in [0.15, 0.2) is 42.5 Å². The normalized spacial score (nSPS) is 29.1. The lowest BCUT2D eigenvalue weighted by Gasteiger charge is -2.60. The predicted octanol–water partition coefficient (Wildman–Crippen LogP) is 4.05. The maximum atomic E-state index is 13.8. The van der Waals surface area contributed by atoms with Crippen molar-refractivity contribution in [2.24, 2.45) is 11.8 Å². The molecule has 0 aliphatic heterocycles. The Kier molecular flexibility index (Phi) is 5.94. The molecule has 0 aromatic heterocycles.